The molecule has 2 aromatic carbocycles. The maximum Gasteiger partial charge on any atom is 0.252 e. The highest BCUT2D eigenvalue weighted by atomic mass is 35.5. The van der Waals surface area contributed by atoms with Crippen molar-refractivity contribution in [3.63, 3.8) is 0 Å². The first-order valence-corrected chi connectivity index (χ1v) is 13.7. The van der Waals surface area contributed by atoms with Crippen LogP contribution >= 0.6 is 23.4 Å². The first-order valence-electron chi connectivity index (χ1n) is 10.6. The molecular formula is C23H25ClN2O7S2. The third-order valence-corrected chi connectivity index (χ3v) is 9.31. The topological polar surface area (TPSA) is 104 Å². The van der Waals surface area contributed by atoms with Crippen LogP contribution in [-0.2, 0) is 21.1 Å². The van der Waals surface area contributed by atoms with Crippen molar-refractivity contribution in [2.24, 2.45) is 4.99 Å². The van der Waals surface area contributed by atoms with Gasteiger partial charge in [0.25, 0.3) is 5.91 Å². The zero-order valence-electron chi connectivity index (χ0n) is 19.6. The maximum atomic E-state index is 13.0. The SMILES string of the molecule is COc1cc(OC)c(N2C(=NC(=O)Cc3ccc(OC)c(OC)c3)SC3CS(=O)(=O)CC32)cc1Cl. The number of thioether (sulfide) groups is 1. The first-order chi connectivity index (χ1) is 16.7. The number of hydrogen-bond acceptors (Lipinski definition) is 8. The number of fused-ring (bicyclic) bond motifs is 1. The highest BCUT2D eigenvalue weighted by molar-refractivity contribution is 8.16. The van der Waals surface area contributed by atoms with E-state index in [4.69, 9.17) is 30.5 Å². The number of amides is 1. The Balaban J connectivity index is 1.70. The van der Waals surface area contributed by atoms with Crippen LogP contribution in [0.3, 0.4) is 0 Å². The molecule has 0 aliphatic carbocycles. The third-order valence-electron chi connectivity index (χ3n) is 5.80. The van der Waals surface area contributed by atoms with Crippen LogP contribution in [-0.4, -0.2) is 70.7 Å². The summed E-state index contributed by atoms with van der Waals surface area (Å²) in [5.41, 5.74) is 1.23. The zero-order chi connectivity index (χ0) is 25.3. The Hall–Kier alpha value is -2.63. The molecule has 2 aliphatic heterocycles. The number of rotatable bonds is 7. The summed E-state index contributed by atoms with van der Waals surface area (Å²) in [6.45, 7) is 0. The summed E-state index contributed by atoms with van der Waals surface area (Å²) in [6.07, 6.45) is 0.0341. The highest BCUT2D eigenvalue weighted by Crippen LogP contribution is 2.46. The molecule has 2 atom stereocenters. The second-order valence-corrected chi connectivity index (χ2v) is 11.8. The molecule has 2 heterocycles. The lowest BCUT2D eigenvalue weighted by molar-refractivity contribution is -0.117. The largest absolute Gasteiger partial charge is 0.495 e. The molecule has 2 fully saturated rings. The van der Waals surface area contributed by atoms with Crippen LogP contribution in [0.15, 0.2) is 35.3 Å². The summed E-state index contributed by atoms with van der Waals surface area (Å²) in [4.78, 5) is 19.1. The van der Waals surface area contributed by atoms with E-state index in [0.717, 1.165) is 0 Å². The number of hydrogen-bond donors (Lipinski definition) is 0. The monoisotopic (exact) mass is 540 g/mol. The number of aliphatic imine (C=N–C) groups is 1. The molecule has 0 spiro atoms. The second kappa shape index (κ2) is 10.2. The molecule has 9 nitrogen and oxygen atoms in total. The molecule has 2 aliphatic rings. The van der Waals surface area contributed by atoms with Crippen molar-refractivity contribution in [3.8, 4) is 23.0 Å². The fraction of sp³-hybridized carbons (Fsp3) is 0.391. The minimum Gasteiger partial charge on any atom is -0.495 e. The lowest BCUT2D eigenvalue weighted by Gasteiger charge is -2.27. The predicted octanol–water partition coefficient (Wildman–Crippen LogP) is 3.22. The summed E-state index contributed by atoms with van der Waals surface area (Å²) in [5, 5.41) is 0.465. The van der Waals surface area contributed by atoms with E-state index in [1.54, 1.807) is 35.2 Å². The quantitative estimate of drug-likeness (QED) is 0.523. The van der Waals surface area contributed by atoms with Crippen molar-refractivity contribution < 1.29 is 32.2 Å². The van der Waals surface area contributed by atoms with E-state index in [2.05, 4.69) is 4.99 Å². The molecule has 2 unspecified atom stereocenters. The van der Waals surface area contributed by atoms with Crippen LogP contribution in [0.1, 0.15) is 5.56 Å². The second-order valence-electron chi connectivity index (χ2n) is 7.98. The lowest BCUT2D eigenvalue weighted by atomic mass is 10.1. The van der Waals surface area contributed by atoms with E-state index in [9.17, 15) is 13.2 Å². The average Bonchev–Trinajstić information content (AvgIpc) is 3.28. The molecule has 0 radical (unpaired) electrons. The number of anilines is 1. The fourth-order valence-corrected chi connectivity index (χ4v) is 8.35. The Morgan fingerprint density at radius 3 is 2.34 bits per heavy atom. The van der Waals surface area contributed by atoms with Gasteiger partial charge in [-0.3, -0.25) is 4.79 Å². The van der Waals surface area contributed by atoms with Crippen molar-refractivity contribution in [1.29, 1.82) is 0 Å². The Kier molecular flexibility index (Phi) is 7.39. The van der Waals surface area contributed by atoms with Gasteiger partial charge < -0.3 is 23.8 Å². The van der Waals surface area contributed by atoms with Gasteiger partial charge in [-0.1, -0.05) is 29.4 Å². The summed E-state index contributed by atoms with van der Waals surface area (Å²) in [5.74, 6) is 1.49. The smallest absolute Gasteiger partial charge is 0.252 e. The molecule has 1 amide bonds. The number of carbonyl (C=O) groups is 1. The molecule has 0 bridgehead atoms. The van der Waals surface area contributed by atoms with Crippen molar-refractivity contribution >= 4 is 50.0 Å². The van der Waals surface area contributed by atoms with Crippen molar-refractivity contribution in [2.75, 3.05) is 44.8 Å². The van der Waals surface area contributed by atoms with E-state index in [1.165, 1.54) is 40.2 Å². The number of benzene rings is 2. The van der Waals surface area contributed by atoms with Crippen LogP contribution in [0, 0.1) is 0 Å². The van der Waals surface area contributed by atoms with Gasteiger partial charge in [0.1, 0.15) is 11.5 Å². The number of ether oxygens (including phenoxy) is 4. The number of nitrogens with zero attached hydrogens (tertiary/aromatic N) is 2. The van der Waals surface area contributed by atoms with Crippen LogP contribution < -0.4 is 23.8 Å². The molecule has 188 valence electrons. The maximum absolute atomic E-state index is 13.0. The Morgan fingerprint density at radius 1 is 1.00 bits per heavy atom. The molecule has 4 rings (SSSR count). The molecule has 35 heavy (non-hydrogen) atoms. The Morgan fingerprint density at radius 2 is 1.69 bits per heavy atom. The molecule has 0 saturated carbocycles. The Bertz CT molecular complexity index is 1280. The van der Waals surface area contributed by atoms with Crippen molar-refractivity contribution in [3.05, 3.63) is 40.9 Å². The Labute approximate surface area is 213 Å². The molecule has 2 aromatic rings. The van der Waals surface area contributed by atoms with E-state index in [-0.39, 0.29) is 29.1 Å². The number of sulfone groups is 1. The van der Waals surface area contributed by atoms with Gasteiger partial charge in [-0.15, -0.1) is 0 Å². The van der Waals surface area contributed by atoms with E-state index < -0.39 is 15.9 Å². The van der Waals surface area contributed by atoms with Gasteiger partial charge in [-0.2, -0.15) is 4.99 Å². The molecule has 0 N–H and O–H groups in total. The van der Waals surface area contributed by atoms with Gasteiger partial charge in [0.05, 0.1) is 63.1 Å². The van der Waals surface area contributed by atoms with E-state index in [0.29, 0.717) is 44.4 Å². The minimum absolute atomic E-state index is 0.00786. The number of halogens is 1. The summed E-state index contributed by atoms with van der Waals surface area (Å²) >= 11 is 7.66. The summed E-state index contributed by atoms with van der Waals surface area (Å²) in [6, 6.07) is 8.08. The molecule has 2 saturated heterocycles. The molecule has 0 aromatic heterocycles. The average molecular weight is 541 g/mol. The van der Waals surface area contributed by atoms with E-state index >= 15 is 0 Å². The van der Waals surface area contributed by atoms with Gasteiger partial charge in [0.15, 0.2) is 26.5 Å². The van der Waals surface area contributed by atoms with Gasteiger partial charge in [-0.05, 0) is 23.8 Å². The van der Waals surface area contributed by atoms with Gasteiger partial charge >= 0.3 is 0 Å². The van der Waals surface area contributed by atoms with Crippen LogP contribution in [0.25, 0.3) is 0 Å². The van der Waals surface area contributed by atoms with Crippen LogP contribution in [0.2, 0.25) is 5.02 Å². The van der Waals surface area contributed by atoms with Crippen molar-refractivity contribution in [2.45, 2.75) is 17.7 Å². The fourth-order valence-electron chi connectivity index (χ4n) is 4.19. The molecule has 12 heteroatoms. The number of carbonyl (C=O) groups excluding carboxylic acids is 1. The molecular weight excluding hydrogens is 516 g/mol. The number of methoxy groups -OCH3 is 4. The zero-order valence-corrected chi connectivity index (χ0v) is 22.0. The summed E-state index contributed by atoms with van der Waals surface area (Å²) < 4.78 is 46.1. The first kappa shape index (κ1) is 25.5. The lowest BCUT2D eigenvalue weighted by Crippen LogP contribution is -2.38. The van der Waals surface area contributed by atoms with Gasteiger partial charge in [0.2, 0.25) is 0 Å². The third kappa shape index (κ3) is 5.17. The van der Waals surface area contributed by atoms with Crippen molar-refractivity contribution in [1.82, 2.24) is 0 Å². The predicted molar refractivity (Wildman–Crippen MR) is 137 cm³/mol. The standard InChI is InChI=1S/C23H25ClN2O7S2/c1-30-17-6-5-13(7-20(17)33-4)8-22(27)25-23-26(16-11-35(28,29)12-21(16)34-23)15-9-14(24)18(31-2)10-19(15)32-3/h5-7,9-10,16,21H,8,11-12H2,1-4H3. The van der Waals surface area contributed by atoms with Gasteiger partial charge in [0, 0.05) is 11.3 Å². The number of amidine groups is 1. The van der Waals surface area contributed by atoms with Crippen LogP contribution in [0.4, 0.5) is 5.69 Å². The van der Waals surface area contributed by atoms with Crippen LogP contribution in [0.5, 0.6) is 23.0 Å². The van der Waals surface area contributed by atoms with E-state index in [1.807, 2.05) is 0 Å². The van der Waals surface area contributed by atoms with Gasteiger partial charge in [-0.25, -0.2) is 8.42 Å². The summed E-state index contributed by atoms with van der Waals surface area (Å²) in [7, 11) is 2.82. The minimum atomic E-state index is -3.23. The normalized spacial score (nSPS) is 21.6. The highest BCUT2D eigenvalue weighted by Gasteiger charge is 2.50.